The molecular formula is C20H11NO5S2. The number of carbonyl (C=O) groups is 1. The van der Waals surface area contributed by atoms with Gasteiger partial charge in [0.2, 0.25) is 6.79 Å². The maximum atomic E-state index is 12.9. The predicted molar refractivity (Wildman–Crippen MR) is 111 cm³/mol. The highest BCUT2D eigenvalue weighted by Gasteiger charge is 2.34. The van der Waals surface area contributed by atoms with E-state index in [9.17, 15) is 9.59 Å². The molecule has 0 radical (unpaired) electrons. The van der Waals surface area contributed by atoms with Crippen molar-refractivity contribution in [1.82, 2.24) is 0 Å². The van der Waals surface area contributed by atoms with Crippen molar-refractivity contribution in [2.24, 2.45) is 0 Å². The first-order valence-electron chi connectivity index (χ1n) is 8.30. The van der Waals surface area contributed by atoms with Gasteiger partial charge < -0.3 is 13.9 Å². The van der Waals surface area contributed by atoms with Gasteiger partial charge in [-0.2, -0.15) is 0 Å². The highest BCUT2D eigenvalue weighted by molar-refractivity contribution is 8.27. The molecule has 0 unspecified atom stereocenters. The summed E-state index contributed by atoms with van der Waals surface area (Å²) in [4.78, 5) is 27.4. The van der Waals surface area contributed by atoms with Crippen LogP contribution >= 0.6 is 24.0 Å². The van der Waals surface area contributed by atoms with Crippen LogP contribution in [0.25, 0.3) is 17.0 Å². The van der Waals surface area contributed by atoms with Gasteiger partial charge in [-0.1, -0.05) is 36.1 Å². The first kappa shape index (κ1) is 17.0. The lowest BCUT2D eigenvalue weighted by Crippen LogP contribution is -2.27. The minimum Gasteiger partial charge on any atom is -0.463 e. The van der Waals surface area contributed by atoms with Crippen LogP contribution in [-0.4, -0.2) is 17.0 Å². The molecule has 28 heavy (non-hydrogen) atoms. The molecule has 2 aliphatic heterocycles. The van der Waals surface area contributed by atoms with Crippen molar-refractivity contribution < 1.29 is 18.7 Å². The highest BCUT2D eigenvalue weighted by atomic mass is 32.2. The smallest absolute Gasteiger partial charge is 0.270 e. The lowest BCUT2D eigenvalue weighted by Gasteiger charge is -2.14. The number of amides is 1. The zero-order chi connectivity index (χ0) is 19.3. The molecule has 3 aromatic rings. The Morgan fingerprint density at radius 1 is 1.07 bits per heavy atom. The third kappa shape index (κ3) is 2.69. The first-order chi connectivity index (χ1) is 13.6. The van der Waals surface area contributed by atoms with E-state index in [1.54, 1.807) is 42.5 Å². The van der Waals surface area contributed by atoms with E-state index in [1.807, 2.05) is 0 Å². The third-order valence-electron chi connectivity index (χ3n) is 4.40. The number of para-hydroxylation sites is 1. The Morgan fingerprint density at radius 3 is 2.79 bits per heavy atom. The summed E-state index contributed by atoms with van der Waals surface area (Å²) < 4.78 is 16.6. The minimum absolute atomic E-state index is 0.148. The number of anilines is 1. The molecular weight excluding hydrogens is 398 g/mol. The van der Waals surface area contributed by atoms with Gasteiger partial charge in [-0.25, -0.2) is 0 Å². The van der Waals surface area contributed by atoms with E-state index >= 15 is 0 Å². The van der Waals surface area contributed by atoms with Gasteiger partial charge in [0.05, 0.1) is 21.5 Å². The maximum absolute atomic E-state index is 12.9. The Hall–Kier alpha value is -3.10. The molecule has 138 valence electrons. The zero-order valence-corrected chi connectivity index (χ0v) is 15.8. The van der Waals surface area contributed by atoms with E-state index < -0.39 is 0 Å². The van der Waals surface area contributed by atoms with Crippen molar-refractivity contribution in [3.8, 4) is 11.5 Å². The van der Waals surface area contributed by atoms with E-state index in [-0.39, 0.29) is 18.1 Å². The van der Waals surface area contributed by atoms with Crippen molar-refractivity contribution in [3.63, 3.8) is 0 Å². The van der Waals surface area contributed by atoms with Gasteiger partial charge in [0, 0.05) is 6.07 Å². The van der Waals surface area contributed by atoms with Gasteiger partial charge in [0.15, 0.2) is 21.2 Å². The Balaban J connectivity index is 1.53. The molecule has 5 rings (SSSR count). The Labute approximate surface area is 168 Å². The normalized spacial score (nSPS) is 17.1. The van der Waals surface area contributed by atoms with Gasteiger partial charge >= 0.3 is 0 Å². The molecule has 1 saturated heterocycles. The van der Waals surface area contributed by atoms with Crippen LogP contribution < -0.4 is 19.8 Å². The molecule has 0 saturated carbocycles. The molecule has 0 spiro atoms. The highest BCUT2D eigenvalue weighted by Crippen LogP contribution is 2.40. The second kappa shape index (κ2) is 6.50. The zero-order valence-electron chi connectivity index (χ0n) is 14.2. The van der Waals surface area contributed by atoms with Crippen molar-refractivity contribution in [2.45, 2.75) is 0 Å². The predicted octanol–water partition coefficient (Wildman–Crippen LogP) is 3.93. The Morgan fingerprint density at radius 2 is 1.89 bits per heavy atom. The molecule has 1 fully saturated rings. The summed E-state index contributed by atoms with van der Waals surface area (Å²) in [6, 6.07) is 12.2. The fourth-order valence-corrected chi connectivity index (χ4v) is 4.34. The largest absolute Gasteiger partial charge is 0.463 e. The average molecular weight is 409 g/mol. The van der Waals surface area contributed by atoms with Gasteiger partial charge in [0.1, 0.15) is 11.8 Å². The monoisotopic (exact) mass is 409 g/mol. The summed E-state index contributed by atoms with van der Waals surface area (Å²) in [5, 5.41) is 0.461. The molecule has 2 aliphatic rings. The van der Waals surface area contributed by atoms with Gasteiger partial charge in [-0.15, -0.1) is 0 Å². The molecule has 3 heterocycles. The summed E-state index contributed by atoms with van der Waals surface area (Å²) in [7, 11) is 0. The van der Waals surface area contributed by atoms with E-state index in [0.717, 1.165) is 11.8 Å². The topological polar surface area (TPSA) is 69.0 Å². The first-order valence-corrected chi connectivity index (χ1v) is 9.52. The molecule has 8 heteroatoms. The number of benzene rings is 2. The Bertz CT molecular complexity index is 1250. The number of thiocarbonyl (C=S) groups is 1. The summed E-state index contributed by atoms with van der Waals surface area (Å²) in [6.07, 6.45) is 2.88. The molecule has 6 nitrogen and oxygen atoms in total. The fourth-order valence-electron chi connectivity index (χ4n) is 3.05. The van der Waals surface area contributed by atoms with Gasteiger partial charge in [-0.05, 0) is 30.3 Å². The van der Waals surface area contributed by atoms with E-state index in [0.29, 0.717) is 42.9 Å². The maximum Gasteiger partial charge on any atom is 0.270 e. The van der Waals surface area contributed by atoms with Gasteiger partial charge in [0.25, 0.3) is 5.91 Å². The number of ether oxygens (including phenoxy) is 2. The summed E-state index contributed by atoms with van der Waals surface area (Å²) in [5.74, 6) is 0.880. The van der Waals surface area contributed by atoms with Crippen LogP contribution in [0, 0.1) is 0 Å². The number of rotatable bonds is 2. The van der Waals surface area contributed by atoms with Crippen molar-refractivity contribution in [3.05, 3.63) is 69.4 Å². The summed E-state index contributed by atoms with van der Waals surface area (Å²) >= 11 is 6.52. The Kier molecular flexibility index (Phi) is 3.96. The third-order valence-corrected chi connectivity index (χ3v) is 5.70. The molecule has 1 amide bonds. The molecule has 0 atom stereocenters. The fraction of sp³-hybridized carbons (Fsp3) is 0.0500. The number of carbonyl (C=O) groups excluding carboxylic acids is 1. The SMILES string of the molecule is O=C1/C(=C/c2coc3ccccc3c2=O)SC(=S)N1c1ccc2c(c1)OCO2. The van der Waals surface area contributed by atoms with E-state index in [1.165, 1.54) is 17.2 Å². The number of fused-ring (bicyclic) bond motifs is 2. The quantitative estimate of drug-likeness (QED) is 0.469. The van der Waals surface area contributed by atoms with Crippen LogP contribution in [0.4, 0.5) is 5.69 Å². The number of thioether (sulfide) groups is 1. The molecule has 0 N–H and O–H groups in total. The van der Waals surface area contributed by atoms with E-state index in [4.69, 9.17) is 26.1 Å². The minimum atomic E-state index is -0.304. The number of nitrogens with zero attached hydrogens (tertiary/aromatic N) is 1. The second-order valence-electron chi connectivity index (χ2n) is 6.07. The van der Waals surface area contributed by atoms with Crippen LogP contribution in [0.15, 0.2) is 62.8 Å². The molecule has 1 aromatic heterocycles. The van der Waals surface area contributed by atoms with Gasteiger partial charge in [-0.3, -0.25) is 14.5 Å². The van der Waals surface area contributed by atoms with Crippen LogP contribution in [0.5, 0.6) is 11.5 Å². The van der Waals surface area contributed by atoms with Crippen molar-refractivity contribution in [2.75, 3.05) is 11.7 Å². The summed E-state index contributed by atoms with van der Waals surface area (Å²) in [6.45, 7) is 0.148. The molecule has 0 bridgehead atoms. The lowest BCUT2D eigenvalue weighted by atomic mass is 10.1. The van der Waals surface area contributed by atoms with Crippen LogP contribution in [0.2, 0.25) is 0 Å². The second-order valence-corrected chi connectivity index (χ2v) is 7.75. The number of hydrogen-bond acceptors (Lipinski definition) is 7. The number of hydrogen-bond donors (Lipinski definition) is 0. The van der Waals surface area contributed by atoms with Crippen LogP contribution in [-0.2, 0) is 4.79 Å². The molecule has 0 aliphatic carbocycles. The summed E-state index contributed by atoms with van der Waals surface area (Å²) in [5.41, 5.74) is 1.18. The van der Waals surface area contributed by atoms with Crippen LogP contribution in [0.1, 0.15) is 5.56 Å². The van der Waals surface area contributed by atoms with Crippen molar-refractivity contribution >= 4 is 56.9 Å². The molecule has 2 aromatic carbocycles. The van der Waals surface area contributed by atoms with Crippen LogP contribution in [0.3, 0.4) is 0 Å². The average Bonchev–Trinajstić information content (AvgIpc) is 3.28. The van der Waals surface area contributed by atoms with E-state index in [2.05, 4.69) is 0 Å². The lowest BCUT2D eigenvalue weighted by molar-refractivity contribution is -0.113. The standard InChI is InChI=1S/C20H11NO5S2/c22-18-11(9-24-14-4-2-1-3-13(14)18)7-17-19(23)21(20(27)28-17)12-5-6-15-16(8-12)26-10-25-15/h1-9H,10H2/b17-7-. The van der Waals surface area contributed by atoms with Crippen molar-refractivity contribution in [1.29, 1.82) is 0 Å².